The number of amides is 1. The van der Waals surface area contributed by atoms with E-state index in [1.807, 2.05) is 0 Å². The number of aromatic nitrogens is 1. The molecule has 1 aliphatic rings. The maximum absolute atomic E-state index is 13.1. The van der Waals surface area contributed by atoms with Gasteiger partial charge in [0.1, 0.15) is 5.82 Å². The van der Waals surface area contributed by atoms with E-state index < -0.39 is 6.23 Å². The summed E-state index contributed by atoms with van der Waals surface area (Å²) in [5, 5.41) is 5.43. The molecular formula is C15H11BrFN3O2. The first-order valence-electron chi connectivity index (χ1n) is 6.46. The number of nitrogens with zero attached hydrogens (tertiary/aromatic N) is 3. The summed E-state index contributed by atoms with van der Waals surface area (Å²) in [6, 6.07) is 7.55. The maximum Gasteiger partial charge on any atom is 0.243 e. The Bertz CT molecular complexity index is 749. The third-order valence-electron chi connectivity index (χ3n) is 3.07. The second-order valence-electron chi connectivity index (χ2n) is 4.68. The van der Waals surface area contributed by atoms with Crippen molar-refractivity contribution in [3.63, 3.8) is 0 Å². The Morgan fingerprint density at radius 1 is 1.32 bits per heavy atom. The van der Waals surface area contributed by atoms with Gasteiger partial charge in [-0.1, -0.05) is 12.1 Å². The van der Waals surface area contributed by atoms with Crippen molar-refractivity contribution in [2.75, 3.05) is 0 Å². The Labute approximate surface area is 134 Å². The van der Waals surface area contributed by atoms with E-state index in [-0.39, 0.29) is 11.7 Å². The average molecular weight is 364 g/mol. The van der Waals surface area contributed by atoms with Gasteiger partial charge in [0.15, 0.2) is 0 Å². The first-order chi connectivity index (χ1) is 10.5. The fraction of sp³-hybridized carbons (Fsp3) is 0.133. The van der Waals surface area contributed by atoms with E-state index in [4.69, 9.17) is 4.74 Å². The molecule has 0 N–H and O–H groups in total. The van der Waals surface area contributed by atoms with Crippen molar-refractivity contribution in [1.82, 2.24) is 9.99 Å². The number of benzene rings is 1. The molecule has 112 valence electrons. The second-order valence-corrected chi connectivity index (χ2v) is 5.60. The molecule has 0 saturated heterocycles. The predicted octanol–water partition coefficient (Wildman–Crippen LogP) is 3.22. The number of hydrogen-bond donors (Lipinski definition) is 0. The van der Waals surface area contributed by atoms with Crippen molar-refractivity contribution in [2.24, 2.45) is 5.10 Å². The summed E-state index contributed by atoms with van der Waals surface area (Å²) in [6.07, 6.45) is 2.51. The van der Waals surface area contributed by atoms with Crippen molar-refractivity contribution < 1.29 is 13.9 Å². The van der Waals surface area contributed by atoms with Gasteiger partial charge in [0, 0.05) is 29.4 Å². The van der Waals surface area contributed by atoms with Crippen LogP contribution < -0.4 is 0 Å². The zero-order valence-corrected chi connectivity index (χ0v) is 13.1. The number of rotatable bonds is 2. The van der Waals surface area contributed by atoms with Gasteiger partial charge in [-0.05, 0) is 34.1 Å². The summed E-state index contributed by atoms with van der Waals surface area (Å²) in [5.41, 5.74) is 1.28. The fourth-order valence-corrected chi connectivity index (χ4v) is 2.42. The molecule has 1 aromatic heterocycles. The highest BCUT2D eigenvalue weighted by Gasteiger charge is 2.33. The predicted molar refractivity (Wildman–Crippen MR) is 81.2 cm³/mol. The molecule has 0 bridgehead atoms. The molecular weight excluding hydrogens is 353 g/mol. The summed E-state index contributed by atoms with van der Waals surface area (Å²) in [7, 11) is 0. The van der Waals surface area contributed by atoms with E-state index in [0.29, 0.717) is 17.0 Å². The zero-order valence-electron chi connectivity index (χ0n) is 11.5. The molecule has 1 aliphatic heterocycles. The molecule has 0 fully saturated rings. The number of hydrogen-bond acceptors (Lipinski definition) is 4. The van der Waals surface area contributed by atoms with E-state index in [0.717, 1.165) is 4.47 Å². The average Bonchev–Trinajstić information content (AvgIpc) is 2.93. The van der Waals surface area contributed by atoms with Gasteiger partial charge >= 0.3 is 0 Å². The Balaban J connectivity index is 1.94. The van der Waals surface area contributed by atoms with Crippen LogP contribution >= 0.6 is 15.9 Å². The summed E-state index contributed by atoms with van der Waals surface area (Å²) < 4.78 is 19.6. The quantitative estimate of drug-likeness (QED) is 0.822. The largest absolute Gasteiger partial charge is 0.446 e. The Morgan fingerprint density at radius 3 is 2.68 bits per heavy atom. The van der Waals surface area contributed by atoms with Gasteiger partial charge in [-0.15, -0.1) is 5.10 Å². The molecule has 22 heavy (non-hydrogen) atoms. The van der Waals surface area contributed by atoms with Gasteiger partial charge in [0.25, 0.3) is 0 Å². The highest BCUT2D eigenvalue weighted by molar-refractivity contribution is 9.10. The number of ether oxygens (including phenoxy) is 1. The molecule has 0 spiro atoms. The summed E-state index contributed by atoms with van der Waals surface area (Å²) in [5.74, 6) is -0.334. The summed E-state index contributed by atoms with van der Waals surface area (Å²) in [6.45, 7) is 1.39. The van der Waals surface area contributed by atoms with E-state index >= 15 is 0 Å². The van der Waals surface area contributed by atoms with Crippen molar-refractivity contribution in [1.29, 1.82) is 0 Å². The van der Waals surface area contributed by atoms with Crippen molar-refractivity contribution >= 4 is 27.7 Å². The van der Waals surface area contributed by atoms with Gasteiger partial charge in [0.2, 0.25) is 18.0 Å². The third kappa shape index (κ3) is 2.85. The van der Waals surface area contributed by atoms with Crippen molar-refractivity contribution in [2.45, 2.75) is 13.2 Å². The topological polar surface area (TPSA) is 54.8 Å². The van der Waals surface area contributed by atoms with E-state index in [9.17, 15) is 9.18 Å². The van der Waals surface area contributed by atoms with Gasteiger partial charge < -0.3 is 4.74 Å². The van der Waals surface area contributed by atoms with Crippen LogP contribution in [0, 0.1) is 5.82 Å². The van der Waals surface area contributed by atoms with Gasteiger partial charge in [-0.3, -0.25) is 9.78 Å². The molecule has 5 nitrogen and oxygen atoms in total. The molecule has 2 aromatic rings. The van der Waals surface area contributed by atoms with Crippen LogP contribution in [0.3, 0.4) is 0 Å². The highest BCUT2D eigenvalue weighted by Crippen LogP contribution is 2.30. The smallest absolute Gasteiger partial charge is 0.243 e. The lowest BCUT2D eigenvalue weighted by molar-refractivity contribution is -0.135. The van der Waals surface area contributed by atoms with E-state index in [1.165, 1.54) is 24.1 Å². The number of carbonyl (C=O) groups is 1. The number of hydrazone groups is 1. The minimum atomic E-state index is -0.716. The van der Waals surface area contributed by atoms with E-state index in [2.05, 4.69) is 26.0 Å². The van der Waals surface area contributed by atoms with Crippen LogP contribution in [0.1, 0.15) is 24.3 Å². The number of carbonyl (C=O) groups excluding carboxylic acids is 1. The zero-order chi connectivity index (χ0) is 15.7. The molecule has 2 heterocycles. The lowest BCUT2D eigenvalue weighted by atomic mass is 10.2. The molecule has 0 radical (unpaired) electrons. The SMILES string of the molecule is CC(=O)N1N=C(c2cncc(Br)c2)O[C@@H]1c1ccc(F)cc1. The Morgan fingerprint density at radius 2 is 2.05 bits per heavy atom. The standard InChI is InChI=1S/C15H11BrFN3O2/c1-9(21)20-15(10-2-4-13(17)5-3-10)22-14(19-20)11-6-12(16)8-18-7-11/h2-8,15H,1H3/t15-/m1/s1. The molecule has 1 atom stereocenters. The second kappa shape index (κ2) is 5.84. The molecule has 0 unspecified atom stereocenters. The maximum atomic E-state index is 13.1. The molecule has 3 rings (SSSR count). The Kier molecular flexibility index (Phi) is 3.89. The summed E-state index contributed by atoms with van der Waals surface area (Å²) >= 11 is 3.33. The van der Waals surface area contributed by atoms with Crippen LogP contribution in [0.4, 0.5) is 4.39 Å². The molecule has 0 saturated carbocycles. The fourth-order valence-electron chi connectivity index (χ4n) is 2.06. The number of pyridine rings is 1. The van der Waals surface area contributed by atoms with Crippen LogP contribution in [0.25, 0.3) is 0 Å². The molecule has 0 aliphatic carbocycles. The molecule has 1 amide bonds. The monoisotopic (exact) mass is 363 g/mol. The van der Waals surface area contributed by atoms with Crippen LogP contribution in [0.15, 0.2) is 52.3 Å². The lowest BCUT2D eigenvalue weighted by Gasteiger charge is -2.19. The van der Waals surface area contributed by atoms with Crippen LogP contribution in [0.2, 0.25) is 0 Å². The minimum absolute atomic E-state index is 0.271. The molecule has 1 aromatic carbocycles. The van der Waals surface area contributed by atoms with Crippen LogP contribution in [-0.2, 0) is 9.53 Å². The highest BCUT2D eigenvalue weighted by atomic mass is 79.9. The van der Waals surface area contributed by atoms with E-state index in [1.54, 1.807) is 30.6 Å². The van der Waals surface area contributed by atoms with Crippen LogP contribution in [0.5, 0.6) is 0 Å². The number of halogens is 2. The normalized spacial score (nSPS) is 17.1. The summed E-state index contributed by atoms with van der Waals surface area (Å²) in [4.78, 5) is 15.8. The first kappa shape index (κ1) is 14.6. The molecule has 7 heteroatoms. The van der Waals surface area contributed by atoms with Gasteiger partial charge in [-0.25, -0.2) is 4.39 Å². The van der Waals surface area contributed by atoms with Crippen LogP contribution in [-0.4, -0.2) is 21.8 Å². The van der Waals surface area contributed by atoms with Gasteiger partial charge in [-0.2, -0.15) is 5.01 Å². The Hall–Kier alpha value is -2.28. The van der Waals surface area contributed by atoms with Crippen molar-refractivity contribution in [3.8, 4) is 0 Å². The van der Waals surface area contributed by atoms with Crippen molar-refractivity contribution in [3.05, 3.63) is 64.1 Å². The first-order valence-corrected chi connectivity index (χ1v) is 7.25. The minimum Gasteiger partial charge on any atom is -0.446 e. The van der Waals surface area contributed by atoms with Gasteiger partial charge in [0.05, 0.1) is 5.56 Å². The lowest BCUT2D eigenvalue weighted by Crippen LogP contribution is -2.25. The third-order valence-corrected chi connectivity index (χ3v) is 3.51.